The van der Waals surface area contributed by atoms with Crippen LogP contribution in [0.5, 0.6) is 0 Å². The molecule has 0 aliphatic rings. The first-order valence-electron chi connectivity index (χ1n) is 11.1. The molecule has 0 fully saturated rings. The van der Waals surface area contributed by atoms with Gasteiger partial charge in [0.2, 0.25) is 0 Å². The largest absolute Gasteiger partial charge is 0.273 e. The fourth-order valence-corrected chi connectivity index (χ4v) is 3.24. The summed E-state index contributed by atoms with van der Waals surface area (Å²) < 4.78 is 0. The highest BCUT2D eigenvalue weighted by Gasteiger charge is 2.05. The normalized spacial score (nSPS) is 11.0. The Labute approximate surface area is 163 Å². The van der Waals surface area contributed by atoms with Crippen LogP contribution in [0.4, 0.5) is 5.69 Å². The van der Waals surface area contributed by atoms with Crippen molar-refractivity contribution in [2.24, 2.45) is 0 Å². The minimum Gasteiger partial charge on any atom is -0.273 e. The summed E-state index contributed by atoms with van der Waals surface area (Å²) in [6.07, 6.45) is 18.6. The van der Waals surface area contributed by atoms with Gasteiger partial charge in [-0.15, -0.1) is 0 Å². The summed E-state index contributed by atoms with van der Waals surface area (Å²) in [6, 6.07) is 10.4. The van der Waals surface area contributed by atoms with E-state index in [0.29, 0.717) is 0 Å². The molecule has 2 heteroatoms. The molecule has 0 saturated heterocycles. The summed E-state index contributed by atoms with van der Waals surface area (Å²) in [4.78, 5) is 6.03. The third-order valence-electron chi connectivity index (χ3n) is 4.90. The van der Waals surface area contributed by atoms with E-state index in [2.05, 4.69) is 38.1 Å². The van der Waals surface area contributed by atoms with Crippen LogP contribution in [0.3, 0.4) is 0 Å². The van der Waals surface area contributed by atoms with Crippen LogP contribution in [0.15, 0.2) is 30.3 Å². The molecule has 1 radical (unpaired) electrons. The van der Waals surface area contributed by atoms with Crippen LogP contribution in [-0.2, 0) is 4.84 Å². The number of anilines is 1. The molecule has 149 valence electrons. The van der Waals surface area contributed by atoms with E-state index < -0.39 is 0 Å². The lowest BCUT2D eigenvalue weighted by molar-refractivity contribution is 0.103. The summed E-state index contributed by atoms with van der Waals surface area (Å²) in [5, 5.41) is 2.05. The van der Waals surface area contributed by atoms with Crippen LogP contribution >= 0.6 is 0 Å². The predicted molar refractivity (Wildman–Crippen MR) is 115 cm³/mol. The molecule has 1 rings (SSSR count). The van der Waals surface area contributed by atoms with Crippen LogP contribution in [-0.4, -0.2) is 13.2 Å². The number of para-hydroxylation sites is 1. The molecular weight excluding hydrogens is 318 g/mol. The molecule has 0 spiro atoms. The maximum atomic E-state index is 6.03. The van der Waals surface area contributed by atoms with Gasteiger partial charge in [0.1, 0.15) is 0 Å². The third-order valence-corrected chi connectivity index (χ3v) is 4.90. The Morgan fingerprint density at radius 2 is 1.27 bits per heavy atom. The van der Waals surface area contributed by atoms with Crippen molar-refractivity contribution in [1.82, 2.24) is 0 Å². The predicted octanol–water partition coefficient (Wildman–Crippen LogP) is 7.74. The zero-order valence-electron chi connectivity index (χ0n) is 17.3. The smallest absolute Gasteiger partial charge is 0.0748 e. The maximum Gasteiger partial charge on any atom is 0.0748 e. The lowest BCUT2D eigenvalue weighted by Crippen LogP contribution is -2.25. The first kappa shape index (κ1) is 23.0. The molecule has 1 aromatic carbocycles. The Morgan fingerprint density at radius 3 is 1.81 bits per heavy atom. The molecule has 2 nitrogen and oxygen atoms in total. The molecule has 0 N–H and O–H groups in total. The van der Waals surface area contributed by atoms with Gasteiger partial charge in [-0.1, -0.05) is 109 Å². The van der Waals surface area contributed by atoms with Crippen LogP contribution in [0.1, 0.15) is 96.8 Å². The Kier molecular flexibility index (Phi) is 15.4. The SMILES string of the molecule is [CH2]CCCN(OCCCCCCCCCCCCCC)c1ccccc1. The Hall–Kier alpha value is -1.02. The van der Waals surface area contributed by atoms with E-state index in [-0.39, 0.29) is 0 Å². The molecule has 0 aliphatic carbocycles. The summed E-state index contributed by atoms with van der Waals surface area (Å²) in [5.74, 6) is 0. The van der Waals surface area contributed by atoms with Crippen molar-refractivity contribution < 1.29 is 4.84 Å². The van der Waals surface area contributed by atoms with E-state index in [1.165, 1.54) is 70.6 Å². The molecule has 0 atom stereocenters. The van der Waals surface area contributed by atoms with Crippen LogP contribution in [0.25, 0.3) is 0 Å². The molecular formula is C24H42NO. The molecule has 0 saturated carbocycles. The van der Waals surface area contributed by atoms with Gasteiger partial charge >= 0.3 is 0 Å². The first-order chi connectivity index (χ1) is 12.9. The maximum absolute atomic E-state index is 6.03. The minimum atomic E-state index is 0.823. The third kappa shape index (κ3) is 12.4. The second-order valence-corrected chi connectivity index (χ2v) is 7.37. The van der Waals surface area contributed by atoms with Crippen molar-refractivity contribution in [2.45, 2.75) is 96.8 Å². The Morgan fingerprint density at radius 1 is 0.731 bits per heavy atom. The van der Waals surface area contributed by atoms with Crippen LogP contribution in [0.2, 0.25) is 0 Å². The zero-order valence-corrected chi connectivity index (χ0v) is 17.3. The van der Waals surface area contributed by atoms with Crippen molar-refractivity contribution in [3.63, 3.8) is 0 Å². The molecule has 26 heavy (non-hydrogen) atoms. The highest BCUT2D eigenvalue weighted by atomic mass is 16.7. The summed E-state index contributed by atoms with van der Waals surface area (Å²) in [5.41, 5.74) is 1.15. The molecule has 0 unspecified atom stereocenters. The molecule has 0 bridgehead atoms. The molecule has 0 heterocycles. The Bertz CT molecular complexity index is 392. The first-order valence-corrected chi connectivity index (χ1v) is 11.1. The van der Waals surface area contributed by atoms with Gasteiger partial charge in [-0.25, -0.2) is 0 Å². The number of hydroxylamine groups is 1. The monoisotopic (exact) mass is 360 g/mol. The summed E-state index contributed by atoms with van der Waals surface area (Å²) in [7, 11) is 0. The summed E-state index contributed by atoms with van der Waals surface area (Å²) >= 11 is 0. The molecule has 0 aromatic heterocycles. The van der Waals surface area contributed by atoms with Crippen molar-refractivity contribution in [1.29, 1.82) is 0 Å². The van der Waals surface area contributed by atoms with Crippen molar-refractivity contribution >= 4 is 5.69 Å². The zero-order chi connectivity index (χ0) is 18.7. The van der Waals surface area contributed by atoms with Crippen LogP contribution < -0.4 is 5.06 Å². The molecule has 0 aliphatic heterocycles. The van der Waals surface area contributed by atoms with Crippen molar-refractivity contribution in [2.75, 3.05) is 18.2 Å². The van der Waals surface area contributed by atoms with Gasteiger partial charge in [-0.2, -0.15) is 0 Å². The van der Waals surface area contributed by atoms with Gasteiger partial charge in [0.05, 0.1) is 12.3 Å². The fraction of sp³-hybridized carbons (Fsp3) is 0.708. The van der Waals surface area contributed by atoms with Crippen molar-refractivity contribution in [3.8, 4) is 0 Å². The van der Waals surface area contributed by atoms with E-state index in [1.54, 1.807) is 0 Å². The lowest BCUT2D eigenvalue weighted by Gasteiger charge is -2.23. The second-order valence-electron chi connectivity index (χ2n) is 7.37. The lowest BCUT2D eigenvalue weighted by atomic mass is 10.1. The highest BCUT2D eigenvalue weighted by Crippen LogP contribution is 2.16. The number of hydrogen-bond acceptors (Lipinski definition) is 2. The number of nitrogens with zero attached hydrogens (tertiary/aromatic N) is 1. The van der Waals surface area contributed by atoms with Crippen molar-refractivity contribution in [3.05, 3.63) is 37.3 Å². The van der Waals surface area contributed by atoms with Gasteiger partial charge < -0.3 is 0 Å². The van der Waals surface area contributed by atoms with Gasteiger partial charge in [0.15, 0.2) is 0 Å². The number of rotatable bonds is 18. The summed E-state index contributed by atoms with van der Waals surface area (Å²) in [6.45, 7) is 7.97. The number of hydrogen-bond donors (Lipinski definition) is 0. The fourth-order valence-electron chi connectivity index (χ4n) is 3.24. The number of benzene rings is 1. The van der Waals surface area contributed by atoms with Gasteiger partial charge in [-0.3, -0.25) is 9.90 Å². The van der Waals surface area contributed by atoms with E-state index in [0.717, 1.165) is 38.1 Å². The van der Waals surface area contributed by atoms with Gasteiger partial charge in [0, 0.05) is 6.54 Å². The molecule has 0 amide bonds. The van der Waals surface area contributed by atoms with E-state index >= 15 is 0 Å². The Balaban J connectivity index is 1.97. The van der Waals surface area contributed by atoms with Crippen LogP contribution in [0, 0.1) is 6.92 Å². The average molecular weight is 361 g/mol. The average Bonchev–Trinajstić information content (AvgIpc) is 2.68. The standard InChI is InChI=1S/C24H42NO/c1-3-5-7-8-9-10-11-12-13-14-15-19-23-26-25(22-6-4-2)24-20-17-16-18-21-24/h16-18,20-21H,2-15,19,22-23H2,1H3. The highest BCUT2D eigenvalue weighted by molar-refractivity contribution is 5.43. The number of unbranched alkanes of at least 4 members (excludes halogenated alkanes) is 12. The van der Waals surface area contributed by atoms with E-state index in [4.69, 9.17) is 4.84 Å². The van der Waals surface area contributed by atoms with Gasteiger partial charge in [-0.05, 0) is 25.0 Å². The quantitative estimate of drug-likeness (QED) is 0.196. The van der Waals surface area contributed by atoms with Gasteiger partial charge in [0.25, 0.3) is 0 Å². The van der Waals surface area contributed by atoms with E-state index in [9.17, 15) is 0 Å². The second kappa shape index (κ2) is 17.4. The topological polar surface area (TPSA) is 12.5 Å². The van der Waals surface area contributed by atoms with E-state index in [1.807, 2.05) is 11.1 Å². The minimum absolute atomic E-state index is 0.823. The molecule has 1 aromatic rings.